The van der Waals surface area contributed by atoms with Gasteiger partial charge >= 0.3 is 0 Å². The standard InChI is InChI=1S/C19H32O2/c1-11-9-12-10-13(20)3-4-14(12)15-7-8-19(2)16(18(11)15)5-6-17(19)21/h11-18,20-21H,3-10H2,1-2H3/t11-,12-,13?,14+,15-,16+,17+,18-,19+/m1/s1. The highest BCUT2D eigenvalue weighted by Gasteiger charge is 2.58. The lowest BCUT2D eigenvalue weighted by atomic mass is 9.48. The van der Waals surface area contributed by atoms with E-state index in [0.717, 1.165) is 54.8 Å². The van der Waals surface area contributed by atoms with E-state index >= 15 is 0 Å². The molecule has 9 atom stereocenters. The molecule has 0 aromatic rings. The van der Waals surface area contributed by atoms with Crippen LogP contribution in [0, 0.1) is 40.9 Å². The monoisotopic (exact) mass is 292 g/mol. The molecular weight excluding hydrogens is 260 g/mol. The molecule has 4 fully saturated rings. The van der Waals surface area contributed by atoms with Gasteiger partial charge in [0.1, 0.15) is 0 Å². The summed E-state index contributed by atoms with van der Waals surface area (Å²) >= 11 is 0. The second kappa shape index (κ2) is 4.96. The van der Waals surface area contributed by atoms with E-state index in [4.69, 9.17) is 0 Å². The molecule has 4 rings (SSSR count). The Morgan fingerprint density at radius 2 is 1.71 bits per heavy atom. The Hall–Kier alpha value is -0.0800. The highest BCUT2D eigenvalue weighted by molar-refractivity contribution is 5.07. The van der Waals surface area contributed by atoms with Gasteiger partial charge in [0, 0.05) is 0 Å². The van der Waals surface area contributed by atoms with Crippen LogP contribution in [0.1, 0.15) is 65.2 Å². The van der Waals surface area contributed by atoms with Crippen LogP contribution in [0.15, 0.2) is 0 Å². The lowest BCUT2D eigenvalue weighted by Crippen LogP contribution is -2.52. The van der Waals surface area contributed by atoms with Crippen molar-refractivity contribution in [2.45, 2.75) is 77.4 Å². The number of hydrogen-bond donors (Lipinski definition) is 2. The SMILES string of the molecule is C[C@@H]1C[C@@H]2CC(O)CC[C@@H]2[C@H]2CC[C@]3(C)[C@@H](O)CC[C@H]3[C@@H]21. The molecule has 0 radical (unpaired) electrons. The molecule has 0 amide bonds. The van der Waals surface area contributed by atoms with Crippen LogP contribution < -0.4 is 0 Å². The van der Waals surface area contributed by atoms with Crippen molar-refractivity contribution in [1.82, 2.24) is 0 Å². The van der Waals surface area contributed by atoms with Crippen LogP contribution in [0.25, 0.3) is 0 Å². The van der Waals surface area contributed by atoms with E-state index in [1.807, 2.05) is 0 Å². The predicted molar refractivity (Wildman–Crippen MR) is 83.7 cm³/mol. The first kappa shape index (κ1) is 14.5. The highest BCUT2D eigenvalue weighted by Crippen LogP contribution is 2.63. The molecular formula is C19H32O2. The molecule has 0 aromatic heterocycles. The van der Waals surface area contributed by atoms with Crippen molar-refractivity contribution in [3.05, 3.63) is 0 Å². The maximum Gasteiger partial charge on any atom is 0.0596 e. The number of fused-ring (bicyclic) bond motifs is 5. The highest BCUT2D eigenvalue weighted by atomic mass is 16.3. The molecule has 1 unspecified atom stereocenters. The molecule has 120 valence electrons. The summed E-state index contributed by atoms with van der Waals surface area (Å²) in [6, 6.07) is 0. The maximum absolute atomic E-state index is 10.5. The summed E-state index contributed by atoms with van der Waals surface area (Å²) in [5, 5.41) is 20.5. The molecule has 4 saturated carbocycles. The van der Waals surface area contributed by atoms with Crippen LogP contribution in [-0.2, 0) is 0 Å². The van der Waals surface area contributed by atoms with Gasteiger partial charge in [0.2, 0.25) is 0 Å². The van der Waals surface area contributed by atoms with Gasteiger partial charge in [-0.05, 0) is 92.3 Å². The number of hydrogen-bond acceptors (Lipinski definition) is 2. The van der Waals surface area contributed by atoms with E-state index in [0.29, 0.717) is 0 Å². The van der Waals surface area contributed by atoms with Crippen LogP contribution in [0.3, 0.4) is 0 Å². The Morgan fingerprint density at radius 3 is 2.52 bits per heavy atom. The molecule has 0 spiro atoms. The van der Waals surface area contributed by atoms with Gasteiger partial charge in [0.05, 0.1) is 12.2 Å². The van der Waals surface area contributed by atoms with Gasteiger partial charge in [-0.2, -0.15) is 0 Å². The molecule has 0 bridgehead atoms. The first-order valence-corrected chi connectivity index (χ1v) is 9.37. The van der Waals surface area contributed by atoms with Crippen molar-refractivity contribution in [1.29, 1.82) is 0 Å². The summed E-state index contributed by atoms with van der Waals surface area (Å²) in [5.41, 5.74) is 0.205. The Bertz CT molecular complexity index is 408. The van der Waals surface area contributed by atoms with Crippen LogP contribution in [0.2, 0.25) is 0 Å². The van der Waals surface area contributed by atoms with Gasteiger partial charge in [-0.1, -0.05) is 13.8 Å². The molecule has 2 heteroatoms. The minimum absolute atomic E-state index is 0.0304. The van der Waals surface area contributed by atoms with Gasteiger partial charge in [-0.25, -0.2) is 0 Å². The van der Waals surface area contributed by atoms with Gasteiger partial charge in [0.25, 0.3) is 0 Å². The zero-order chi connectivity index (χ0) is 14.8. The Balaban J connectivity index is 1.61. The molecule has 4 aliphatic carbocycles. The lowest BCUT2D eigenvalue weighted by Gasteiger charge is -2.58. The van der Waals surface area contributed by atoms with Crippen LogP contribution in [-0.4, -0.2) is 22.4 Å². The quantitative estimate of drug-likeness (QED) is 0.716. The fraction of sp³-hybridized carbons (Fsp3) is 1.00. The van der Waals surface area contributed by atoms with Gasteiger partial charge in [0.15, 0.2) is 0 Å². The normalized spacial score (nSPS) is 60.0. The smallest absolute Gasteiger partial charge is 0.0596 e. The first-order valence-electron chi connectivity index (χ1n) is 9.37. The maximum atomic E-state index is 10.5. The average molecular weight is 292 g/mol. The third-order valence-electron chi connectivity index (χ3n) is 8.23. The molecule has 4 aliphatic rings. The van der Waals surface area contributed by atoms with E-state index in [1.54, 1.807) is 0 Å². The van der Waals surface area contributed by atoms with Crippen LogP contribution in [0.5, 0.6) is 0 Å². The van der Waals surface area contributed by atoms with Crippen molar-refractivity contribution >= 4 is 0 Å². The Morgan fingerprint density at radius 1 is 0.905 bits per heavy atom. The second-order valence-electron chi connectivity index (χ2n) is 9.09. The summed E-state index contributed by atoms with van der Waals surface area (Å²) < 4.78 is 0. The first-order chi connectivity index (χ1) is 10.0. The zero-order valence-electron chi connectivity index (χ0n) is 13.7. The van der Waals surface area contributed by atoms with Crippen molar-refractivity contribution in [3.8, 4) is 0 Å². The Kier molecular flexibility index (Phi) is 3.43. The fourth-order valence-corrected chi connectivity index (χ4v) is 7.25. The summed E-state index contributed by atoms with van der Waals surface area (Å²) in [4.78, 5) is 0. The molecule has 21 heavy (non-hydrogen) atoms. The average Bonchev–Trinajstić information content (AvgIpc) is 2.74. The summed E-state index contributed by atoms with van der Waals surface area (Å²) in [5.74, 6) is 4.93. The fourth-order valence-electron chi connectivity index (χ4n) is 7.25. The summed E-state index contributed by atoms with van der Waals surface area (Å²) in [7, 11) is 0. The predicted octanol–water partition coefficient (Wildman–Crippen LogP) is 3.61. The second-order valence-corrected chi connectivity index (χ2v) is 9.09. The van der Waals surface area contributed by atoms with Crippen molar-refractivity contribution in [2.75, 3.05) is 0 Å². The summed E-state index contributed by atoms with van der Waals surface area (Å²) in [6.45, 7) is 4.83. The van der Waals surface area contributed by atoms with E-state index < -0.39 is 0 Å². The Labute approximate surface area is 129 Å². The van der Waals surface area contributed by atoms with E-state index in [9.17, 15) is 10.2 Å². The molecule has 2 N–H and O–H groups in total. The minimum atomic E-state index is -0.0541. The van der Waals surface area contributed by atoms with Gasteiger partial charge < -0.3 is 10.2 Å². The van der Waals surface area contributed by atoms with E-state index in [-0.39, 0.29) is 17.6 Å². The van der Waals surface area contributed by atoms with Gasteiger partial charge in [-0.3, -0.25) is 0 Å². The number of aliphatic hydroxyl groups is 2. The zero-order valence-corrected chi connectivity index (χ0v) is 13.7. The molecule has 0 heterocycles. The summed E-state index contributed by atoms with van der Waals surface area (Å²) in [6.07, 6.45) is 9.43. The van der Waals surface area contributed by atoms with Crippen molar-refractivity contribution < 1.29 is 10.2 Å². The minimum Gasteiger partial charge on any atom is -0.393 e. The third kappa shape index (κ3) is 2.05. The van der Waals surface area contributed by atoms with Crippen molar-refractivity contribution in [3.63, 3.8) is 0 Å². The van der Waals surface area contributed by atoms with Crippen LogP contribution in [0.4, 0.5) is 0 Å². The topological polar surface area (TPSA) is 40.5 Å². The van der Waals surface area contributed by atoms with Gasteiger partial charge in [-0.15, -0.1) is 0 Å². The third-order valence-corrected chi connectivity index (χ3v) is 8.23. The number of aliphatic hydroxyl groups excluding tert-OH is 2. The van der Waals surface area contributed by atoms with Crippen LogP contribution >= 0.6 is 0 Å². The lowest BCUT2D eigenvalue weighted by molar-refractivity contribution is -0.113. The molecule has 0 aliphatic heterocycles. The molecule has 0 saturated heterocycles. The van der Waals surface area contributed by atoms with E-state index in [1.165, 1.54) is 32.1 Å². The molecule has 2 nitrogen and oxygen atoms in total. The van der Waals surface area contributed by atoms with E-state index in [2.05, 4.69) is 13.8 Å². The number of rotatable bonds is 0. The molecule has 0 aromatic carbocycles. The van der Waals surface area contributed by atoms with Crippen molar-refractivity contribution in [2.24, 2.45) is 40.9 Å². The largest absolute Gasteiger partial charge is 0.393 e.